The summed E-state index contributed by atoms with van der Waals surface area (Å²) in [6.45, 7) is 3.70. The predicted molar refractivity (Wildman–Crippen MR) is 79.2 cm³/mol. The Balaban J connectivity index is 2.33. The lowest BCUT2D eigenvalue weighted by Gasteiger charge is -2.12. The molecule has 0 aromatic heterocycles. The Morgan fingerprint density at radius 3 is 2.29 bits per heavy atom. The normalized spacial score (nSPS) is 11.7. The molecule has 1 aromatic rings. The van der Waals surface area contributed by atoms with Gasteiger partial charge in [0.05, 0.1) is 0 Å². The number of benzene rings is 1. The van der Waals surface area contributed by atoms with E-state index < -0.39 is 5.97 Å². The van der Waals surface area contributed by atoms with E-state index in [1.165, 1.54) is 0 Å². The first-order valence-electron chi connectivity index (χ1n) is 6.99. The molecule has 1 amide bonds. The van der Waals surface area contributed by atoms with E-state index in [2.05, 4.69) is 5.32 Å². The van der Waals surface area contributed by atoms with Crippen LogP contribution in [0.1, 0.15) is 48.5 Å². The number of carboxylic acid groups (broad SMARTS) is 1. The summed E-state index contributed by atoms with van der Waals surface area (Å²) in [5, 5.41) is 11.3. The third-order valence-electron chi connectivity index (χ3n) is 3.15. The Kier molecular flexibility index (Phi) is 6.59. The van der Waals surface area contributed by atoms with Crippen LogP contribution in [-0.2, 0) is 9.59 Å². The van der Waals surface area contributed by atoms with E-state index >= 15 is 0 Å². The van der Waals surface area contributed by atoms with Gasteiger partial charge in [-0.1, -0.05) is 29.8 Å². The van der Waals surface area contributed by atoms with Crippen LogP contribution in [0.15, 0.2) is 24.3 Å². The maximum atomic E-state index is 11.9. The quantitative estimate of drug-likeness (QED) is 0.720. The molecule has 5 heteroatoms. The van der Waals surface area contributed by atoms with Gasteiger partial charge in [0.2, 0.25) is 5.91 Å². The van der Waals surface area contributed by atoms with Crippen molar-refractivity contribution in [1.82, 2.24) is 5.32 Å². The van der Waals surface area contributed by atoms with Crippen LogP contribution in [0.5, 0.6) is 0 Å². The van der Waals surface area contributed by atoms with E-state index in [1.54, 1.807) is 19.1 Å². The number of Topliss-reactive ketones (excluding diaryl/α,β-unsaturated/α-hetero) is 1. The number of hydrogen-bond acceptors (Lipinski definition) is 3. The molecule has 0 fully saturated rings. The average molecular weight is 291 g/mol. The number of rotatable bonds is 8. The summed E-state index contributed by atoms with van der Waals surface area (Å²) >= 11 is 0. The van der Waals surface area contributed by atoms with Gasteiger partial charge in [0.25, 0.3) is 0 Å². The lowest BCUT2D eigenvalue weighted by atomic mass is 10.0. The Labute approximate surface area is 124 Å². The van der Waals surface area contributed by atoms with Crippen molar-refractivity contribution in [2.45, 2.75) is 45.6 Å². The van der Waals surface area contributed by atoms with Crippen molar-refractivity contribution in [1.29, 1.82) is 0 Å². The number of aryl methyl sites for hydroxylation is 1. The molecule has 21 heavy (non-hydrogen) atoms. The van der Waals surface area contributed by atoms with Gasteiger partial charge in [0, 0.05) is 30.9 Å². The smallest absolute Gasteiger partial charge is 0.303 e. The highest BCUT2D eigenvalue weighted by Crippen LogP contribution is 2.08. The monoisotopic (exact) mass is 291 g/mol. The van der Waals surface area contributed by atoms with Crippen molar-refractivity contribution in [2.24, 2.45) is 0 Å². The number of nitrogens with one attached hydrogen (secondary N) is 1. The number of ketones is 1. The summed E-state index contributed by atoms with van der Waals surface area (Å²) < 4.78 is 0. The first-order valence-corrected chi connectivity index (χ1v) is 6.99. The molecule has 1 rings (SSSR count). The van der Waals surface area contributed by atoms with Gasteiger partial charge in [-0.2, -0.15) is 0 Å². The Bertz CT molecular complexity index is 508. The SMILES string of the molecule is Cc1ccc(C(=O)CCC(=O)NC(C)CCC(=O)O)cc1. The standard InChI is InChI=1S/C16H21NO4/c1-11-3-6-13(7-4-11)14(18)8-9-15(19)17-12(2)5-10-16(20)21/h3-4,6-7,12H,5,8-10H2,1-2H3,(H,17,19)(H,20,21). The summed E-state index contributed by atoms with van der Waals surface area (Å²) in [5.74, 6) is -1.18. The first-order chi connectivity index (χ1) is 9.88. The topological polar surface area (TPSA) is 83.5 Å². The van der Waals surface area contributed by atoms with E-state index in [4.69, 9.17) is 5.11 Å². The molecule has 0 bridgehead atoms. The molecular weight excluding hydrogens is 270 g/mol. The van der Waals surface area contributed by atoms with E-state index in [0.29, 0.717) is 12.0 Å². The molecule has 0 spiro atoms. The first kappa shape index (κ1) is 16.9. The highest BCUT2D eigenvalue weighted by atomic mass is 16.4. The van der Waals surface area contributed by atoms with Crippen LogP contribution in [-0.4, -0.2) is 28.8 Å². The lowest BCUT2D eigenvalue weighted by Crippen LogP contribution is -2.33. The second kappa shape index (κ2) is 8.19. The molecule has 5 nitrogen and oxygen atoms in total. The summed E-state index contributed by atoms with van der Waals surface area (Å²) in [4.78, 5) is 34.0. The van der Waals surface area contributed by atoms with Crippen LogP contribution in [0.2, 0.25) is 0 Å². The number of carbonyl (C=O) groups is 3. The molecule has 0 saturated carbocycles. The largest absolute Gasteiger partial charge is 0.481 e. The van der Waals surface area contributed by atoms with Gasteiger partial charge < -0.3 is 10.4 Å². The molecular formula is C16H21NO4. The Hall–Kier alpha value is -2.17. The summed E-state index contributed by atoms with van der Waals surface area (Å²) in [6, 6.07) is 7.03. The number of amides is 1. The second-order valence-electron chi connectivity index (χ2n) is 5.19. The molecule has 0 aliphatic rings. The van der Waals surface area contributed by atoms with Crippen molar-refractivity contribution < 1.29 is 19.5 Å². The summed E-state index contributed by atoms with van der Waals surface area (Å²) in [5.41, 5.74) is 1.68. The van der Waals surface area contributed by atoms with Crippen molar-refractivity contribution in [3.8, 4) is 0 Å². The molecule has 2 N–H and O–H groups in total. The van der Waals surface area contributed by atoms with Gasteiger partial charge in [-0.15, -0.1) is 0 Å². The molecule has 1 unspecified atom stereocenters. The summed E-state index contributed by atoms with van der Waals surface area (Å²) in [7, 11) is 0. The van der Waals surface area contributed by atoms with E-state index in [1.807, 2.05) is 19.1 Å². The zero-order chi connectivity index (χ0) is 15.8. The van der Waals surface area contributed by atoms with Crippen LogP contribution in [0.3, 0.4) is 0 Å². The number of hydrogen-bond donors (Lipinski definition) is 2. The number of aliphatic carboxylic acids is 1. The van der Waals surface area contributed by atoms with Crippen molar-refractivity contribution in [2.75, 3.05) is 0 Å². The minimum Gasteiger partial charge on any atom is -0.481 e. The van der Waals surface area contributed by atoms with Gasteiger partial charge in [-0.25, -0.2) is 0 Å². The number of carboxylic acids is 1. The van der Waals surface area contributed by atoms with Gasteiger partial charge in [0.1, 0.15) is 0 Å². The third-order valence-corrected chi connectivity index (χ3v) is 3.15. The van der Waals surface area contributed by atoms with Crippen LogP contribution in [0, 0.1) is 6.92 Å². The van der Waals surface area contributed by atoms with Gasteiger partial charge in [-0.05, 0) is 20.3 Å². The Morgan fingerprint density at radius 1 is 1.10 bits per heavy atom. The van der Waals surface area contributed by atoms with Crippen molar-refractivity contribution >= 4 is 17.7 Å². The van der Waals surface area contributed by atoms with Crippen molar-refractivity contribution in [3.63, 3.8) is 0 Å². The van der Waals surface area contributed by atoms with Crippen LogP contribution >= 0.6 is 0 Å². The molecule has 0 aliphatic heterocycles. The molecule has 1 aromatic carbocycles. The number of carbonyl (C=O) groups excluding carboxylic acids is 2. The maximum Gasteiger partial charge on any atom is 0.303 e. The Morgan fingerprint density at radius 2 is 1.71 bits per heavy atom. The average Bonchev–Trinajstić information content (AvgIpc) is 2.43. The summed E-state index contributed by atoms with van der Waals surface area (Å²) in [6.07, 6.45) is 0.668. The van der Waals surface area contributed by atoms with Crippen molar-refractivity contribution in [3.05, 3.63) is 35.4 Å². The van der Waals surface area contributed by atoms with E-state index in [-0.39, 0.29) is 37.0 Å². The van der Waals surface area contributed by atoms with Crippen LogP contribution in [0.25, 0.3) is 0 Å². The van der Waals surface area contributed by atoms with Gasteiger partial charge >= 0.3 is 5.97 Å². The minimum absolute atomic E-state index is 0.0176. The van der Waals surface area contributed by atoms with E-state index in [9.17, 15) is 14.4 Å². The van der Waals surface area contributed by atoms with Crippen LogP contribution in [0.4, 0.5) is 0 Å². The molecule has 114 valence electrons. The molecule has 0 heterocycles. The lowest BCUT2D eigenvalue weighted by molar-refractivity contribution is -0.137. The zero-order valence-electron chi connectivity index (χ0n) is 12.4. The third kappa shape index (κ3) is 6.70. The molecule has 0 radical (unpaired) electrons. The highest BCUT2D eigenvalue weighted by Gasteiger charge is 2.12. The zero-order valence-corrected chi connectivity index (χ0v) is 12.4. The van der Waals surface area contributed by atoms with E-state index in [0.717, 1.165) is 5.56 Å². The fourth-order valence-electron chi connectivity index (χ4n) is 1.87. The molecule has 1 atom stereocenters. The van der Waals surface area contributed by atoms with Crippen LogP contribution < -0.4 is 5.32 Å². The fraction of sp³-hybridized carbons (Fsp3) is 0.438. The molecule has 0 aliphatic carbocycles. The minimum atomic E-state index is -0.884. The van der Waals surface area contributed by atoms with Gasteiger partial charge in [-0.3, -0.25) is 14.4 Å². The highest BCUT2D eigenvalue weighted by molar-refractivity contribution is 5.97. The maximum absolute atomic E-state index is 11.9. The molecule has 0 saturated heterocycles. The van der Waals surface area contributed by atoms with Gasteiger partial charge in [0.15, 0.2) is 5.78 Å². The predicted octanol–water partition coefficient (Wildman–Crippen LogP) is 2.33. The second-order valence-corrected chi connectivity index (χ2v) is 5.19. The fourth-order valence-corrected chi connectivity index (χ4v) is 1.87.